The molecule has 0 radical (unpaired) electrons. The number of rotatable bonds is 4. The first-order valence-electron chi connectivity index (χ1n) is 7.54. The van der Waals surface area contributed by atoms with E-state index in [1.165, 1.54) is 11.8 Å². The van der Waals surface area contributed by atoms with Gasteiger partial charge >= 0.3 is 5.97 Å². The summed E-state index contributed by atoms with van der Waals surface area (Å²) in [7, 11) is 0. The number of fused-ring (bicyclic) bond motifs is 1. The predicted molar refractivity (Wildman–Crippen MR) is 89.2 cm³/mol. The monoisotopic (exact) mass is 335 g/mol. The molecule has 5 nitrogen and oxygen atoms in total. The molecular formula is C17H21NO4S. The SMILES string of the molecule is CC(=O)SCC(C)C(=O)N1Cc2cc(C)ccc2CC1C(=O)O. The molecule has 0 aliphatic carbocycles. The second kappa shape index (κ2) is 7.17. The highest BCUT2D eigenvalue weighted by Crippen LogP contribution is 2.26. The van der Waals surface area contributed by atoms with Crippen LogP contribution in [0.4, 0.5) is 0 Å². The number of benzene rings is 1. The molecule has 0 saturated heterocycles. The summed E-state index contributed by atoms with van der Waals surface area (Å²) >= 11 is 1.10. The molecule has 124 valence electrons. The first kappa shape index (κ1) is 17.5. The number of aryl methyl sites for hydroxylation is 1. The van der Waals surface area contributed by atoms with Crippen molar-refractivity contribution in [1.82, 2.24) is 4.90 Å². The molecule has 2 rings (SSSR count). The van der Waals surface area contributed by atoms with Gasteiger partial charge in [-0.15, -0.1) is 0 Å². The fourth-order valence-corrected chi connectivity index (χ4v) is 3.39. The average molecular weight is 335 g/mol. The minimum Gasteiger partial charge on any atom is -0.480 e. The molecule has 0 spiro atoms. The zero-order valence-electron chi connectivity index (χ0n) is 13.5. The van der Waals surface area contributed by atoms with Crippen LogP contribution in [0, 0.1) is 12.8 Å². The minimum absolute atomic E-state index is 0.0425. The Balaban J connectivity index is 2.22. The second-order valence-electron chi connectivity index (χ2n) is 6.00. The van der Waals surface area contributed by atoms with Crippen molar-refractivity contribution >= 4 is 28.8 Å². The predicted octanol–water partition coefficient (Wildman–Crippen LogP) is 2.25. The molecular weight excluding hydrogens is 314 g/mol. The highest BCUT2D eigenvalue weighted by atomic mass is 32.2. The van der Waals surface area contributed by atoms with Crippen LogP contribution < -0.4 is 0 Å². The van der Waals surface area contributed by atoms with E-state index >= 15 is 0 Å². The molecule has 1 aromatic rings. The molecule has 1 aliphatic heterocycles. The Morgan fingerprint density at radius 1 is 1.35 bits per heavy atom. The number of amides is 1. The zero-order chi connectivity index (χ0) is 17.1. The standard InChI is InChI=1S/C17H21NO4S/c1-10-4-5-13-7-15(17(21)22)18(8-14(13)6-10)16(20)11(2)9-23-12(3)19/h4-6,11,15H,7-9H2,1-3H3,(H,21,22). The number of carbonyl (C=O) groups excluding carboxylic acids is 2. The summed E-state index contributed by atoms with van der Waals surface area (Å²) in [5.74, 6) is -1.22. The third-order valence-corrected chi connectivity index (χ3v) is 5.09. The first-order valence-corrected chi connectivity index (χ1v) is 8.53. The van der Waals surface area contributed by atoms with Crippen molar-refractivity contribution in [2.24, 2.45) is 5.92 Å². The van der Waals surface area contributed by atoms with Crippen molar-refractivity contribution in [2.75, 3.05) is 5.75 Å². The Morgan fingerprint density at radius 3 is 2.65 bits per heavy atom. The summed E-state index contributed by atoms with van der Waals surface area (Å²) in [6, 6.07) is 5.06. The molecule has 1 aliphatic rings. The van der Waals surface area contributed by atoms with Crippen LogP contribution in [-0.2, 0) is 27.3 Å². The van der Waals surface area contributed by atoms with E-state index in [4.69, 9.17) is 0 Å². The molecule has 0 fully saturated rings. The number of aliphatic carboxylic acids is 1. The molecule has 0 bridgehead atoms. The highest BCUT2D eigenvalue weighted by molar-refractivity contribution is 8.13. The maximum absolute atomic E-state index is 12.7. The van der Waals surface area contributed by atoms with E-state index in [2.05, 4.69) is 0 Å². The van der Waals surface area contributed by atoms with Gasteiger partial charge in [-0.1, -0.05) is 42.4 Å². The van der Waals surface area contributed by atoms with Crippen LogP contribution in [0.1, 0.15) is 30.5 Å². The van der Waals surface area contributed by atoms with E-state index in [0.29, 0.717) is 18.7 Å². The van der Waals surface area contributed by atoms with E-state index < -0.39 is 17.9 Å². The summed E-state index contributed by atoms with van der Waals surface area (Å²) in [5, 5.41) is 9.44. The van der Waals surface area contributed by atoms with Crippen molar-refractivity contribution < 1.29 is 19.5 Å². The number of hydrogen-bond donors (Lipinski definition) is 1. The first-order chi connectivity index (χ1) is 10.8. The quantitative estimate of drug-likeness (QED) is 0.913. The lowest BCUT2D eigenvalue weighted by Gasteiger charge is -2.36. The van der Waals surface area contributed by atoms with Crippen LogP contribution >= 0.6 is 11.8 Å². The van der Waals surface area contributed by atoms with Crippen LogP contribution in [0.15, 0.2) is 18.2 Å². The molecule has 23 heavy (non-hydrogen) atoms. The van der Waals surface area contributed by atoms with E-state index in [0.717, 1.165) is 28.5 Å². The van der Waals surface area contributed by atoms with Gasteiger partial charge in [0, 0.05) is 31.6 Å². The molecule has 1 amide bonds. The summed E-state index contributed by atoms with van der Waals surface area (Å²) in [6.45, 7) is 5.48. The van der Waals surface area contributed by atoms with Gasteiger partial charge in [-0.25, -0.2) is 4.79 Å². The number of nitrogens with zero attached hydrogens (tertiary/aromatic N) is 1. The normalized spacial score (nSPS) is 18.2. The lowest BCUT2D eigenvalue weighted by molar-refractivity contribution is -0.152. The van der Waals surface area contributed by atoms with Gasteiger partial charge in [-0.2, -0.15) is 0 Å². The number of carboxylic acid groups (broad SMARTS) is 1. The molecule has 2 atom stereocenters. The summed E-state index contributed by atoms with van der Waals surface area (Å²) in [5.41, 5.74) is 3.07. The largest absolute Gasteiger partial charge is 0.480 e. The van der Waals surface area contributed by atoms with Gasteiger partial charge in [-0.3, -0.25) is 9.59 Å². The van der Waals surface area contributed by atoms with Gasteiger partial charge in [0.2, 0.25) is 5.91 Å². The van der Waals surface area contributed by atoms with Gasteiger partial charge in [0.1, 0.15) is 6.04 Å². The van der Waals surface area contributed by atoms with Gasteiger partial charge in [0.05, 0.1) is 0 Å². The van der Waals surface area contributed by atoms with Crippen LogP contribution in [0.25, 0.3) is 0 Å². The average Bonchev–Trinajstić information content (AvgIpc) is 2.50. The Hall–Kier alpha value is -1.82. The van der Waals surface area contributed by atoms with Gasteiger partial charge in [-0.05, 0) is 18.1 Å². The summed E-state index contributed by atoms with van der Waals surface area (Å²) in [4.78, 5) is 36.7. The number of hydrogen-bond acceptors (Lipinski definition) is 4. The highest BCUT2D eigenvalue weighted by Gasteiger charge is 2.36. The van der Waals surface area contributed by atoms with Crippen LogP contribution in [0.2, 0.25) is 0 Å². The third kappa shape index (κ3) is 4.13. The maximum atomic E-state index is 12.7. The molecule has 1 N–H and O–H groups in total. The Labute approximate surface area is 140 Å². The second-order valence-corrected chi connectivity index (χ2v) is 7.20. The molecule has 1 heterocycles. The van der Waals surface area contributed by atoms with Gasteiger partial charge < -0.3 is 10.0 Å². The molecule has 2 unspecified atom stereocenters. The smallest absolute Gasteiger partial charge is 0.326 e. The minimum atomic E-state index is -0.990. The van der Waals surface area contributed by atoms with E-state index in [1.807, 2.05) is 25.1 Å². The van der Waals surface area contributed by atoms with Crippen molar-refractivity contribution in [3.63, 3.8) is 0 Å². The molecule has 0 saturated carbocycles. The molecule has 1 aromatic carbocycles. The lowest BCUT2D eigenvalue weighted by atomic mass is 9.92. The number of thioether (sulfide) groups is 1. The van der Waals surface area contributed by atoms with Crippen LogP contribution in [0.3, 0.4) is 0 Å². The van der Waals surface area contributed by atoms with Crippen molar-refractivity contribution in [3.05, 3.63) is 34.9 Å². The van der Waals surface area contributed by atoms with Crippen molar-refractivity contribution in [1.29, 1.82) is 0 Å². The summed E-state index contributed by atoms with van der Waals surface area (Å²) in [6.07, 6.45) is 0.323. The topological polar surface area (TPSA) is 74.7 Å². The fraction of sp³-hybridized carbons (Fsp3) is 0.471. The van der Waals surface area contributed by atoms with E-state index in [9.17, 15) is 19.5 Å². The van der Waals surface area contributed by atoms with E-state index in [1.54, 1.807) is 6.92 Å². The third-order valence-electron chi connectivity index (χ3n) is 4.02. The van der Waals surface area contributed by atoms with E-state index in [-0.39, 0.29) is 11.0 Å². The molecule has 6 heteroatoms. The van der Waals surface area contributed by atoms with Crippen LogP contribution in [-0.4, -0.2) is 38.8 Å². The molecule has 0 aromatic heterocycles. The van der Waals surface area contributed by atoms with Crippen molar-refractivity contribution in [3.8, 4) is 0 Å². The number of carboxylic acids is 1. The Morgan fingerprint density at radius 2 is 2.04 bits per heavy atom. The Bertz CT molecular complexity index is 643. The zero-order valence-corrected chi connectivity index (χ0v) is 14.4. The summed E-state index contributed by atoms with van der Waals surface area (Å²) < 4.78 is 0. The van der Waals surface area contributed by atoms with Gasteiger partial charge in [0.15, 0.2) is 5.12 Å². The lowest BCUT2D eigenvalue weighted by Crippen LogP contribution is -2.50. The Kier molecular flexibility index (Phi) is 5.46. The fourth-order valence-electron chi connectivity index (χ4n) is 2.76. The van der Waals surface area contributed by atoms with Crippen LogP contribution in [0.5, 0.6) is 0 Å². The number of carbonyl (C=O) groups is 3. The van der Waals surface area contributed by atoms with Crippen molar-refractivity contribution in [2.45, 2.75) is 39.8 Å². The van der Waals surface area contributed by atoms with Gasteiger partial charge in [0.25, 0.3) is 0 Å². The maximum Gasteiger partial charge on any atom is 0.326 e.